The van der Waals surface area contributed by atoms with E-state index in [4.69, 9.17) is 21.9 Å². The molecule has 25 heavy (non-hydrogen) atoms. The van der Waals surface area contributed by atoms with E-state index in [0.717, 1.165) is 31.2 Å². The molecule has 2 atom stereocenters. The van der Waals surface area contributed by atoms with Crippen LogP contribution in [0.1, 0.15) is 31.6 Å². The van der Waals surface area contributed by atoms with E-state index in [1.807, 2.05) is 12.1 Å². The molecule has 0 bridgehead atoms. The monoisotopic (exact) mass is 384 g/mol. The number of rotatable bonds is 5. The molecular formula is C17H22Cl2N4O2. The standard InChI is InChI=1S/C17H21ClN4O2.ClH/c18-13-5-1-3-11(9-13)16-21-15(24-22-16)7-8-20-17(23)12-4-2-6-14(19)10-12;/h1,3,5,9,12,14H,2,4,6-8,10,19H2,(H,20,23);1H. The van der Waals surface area contributed by atoms with Crippen molar-refractivity contribution < 1.29 is 9.32 Å². The normalized spacial score (nSPS) is 19.9. The predicted molar refractivity (Wildman–Crippen MR) is 98.6 cm³/mol. The second-order valence-electron chi connectivity index (χ2n) is 6.19. The van der Waals surface area contributed by atoms with Crippen LogP contribution in [0.4, 0.5) is 0 Å². The number of aromatic nitrogens is 2. The lowest BCUT2D eigenvalue weighted by Gasteiger charge is -2.25. The number of nitrogens with zero attached hydrogens (tertiary/aromatic N) is 2. The highest BCUT2D eigenvalue weighted by molar-refractivity contribution is 6.30. The van der Waals surface area contributed by atoms with Gasteiger partial charge in [-0.25, -0.2) is 0 Å². The van der Waals surface area contributed by atoms with Crippen molar-refractivity contribution in [1.82, 2.24) is 15.5 Å². The smallest absolute Gasteiger partial charge is 0.228 e. The maximum atomic E-state index is 12.2. The molecule has 6 nitrogen and oxygen atoms in total. The predicted octanol–water partition coefficient (Wildman–Crippen LogP) is 2.99. The number of carbonyl (C=O) groups is 1. The van der Waals surface area contributed by atoms with Gasteiger partial charge in [0, 0.05) is 35.5 Å². The molecule has 0 saturated heterocycles. The third-order valence-corrected chi connectivity index (χ3v) is 4.51. The van der Waals surface area contributed by atoms with Gasteiger partial charge in [-0.15, -0.1) is 12.4 Å². The third kappa shape index (κ3) is 5.42. The van der Waals surface area contributed by atoms with Gasteiger partial charge in [0.25, 0.3) is 0 Å². The Hall–Kier alpha value is -1.63. The molecule has 1 amide bonds. The van der Waals surface area contributed by atoms with E-state index in [1.165, 1.54) is 0 Å². The van der Waals surface area contributed by atoms with Gasteiger partial charge in [-0.1, -0.05) is 35.3 Å². The summed E-state index contributed by atoms with van der Waals surface area (Å²) in [5.74, 6) is 1.08. The molecule has 3 N–H and O–H groups in total. The number of hydrogen-bond donors (Lipinski definition) is 2. The largest absolute Gasteiger partial charge is 0.355 e. The minimum absolute atomic E-state index is 0. The van der Waals surface area contributed by atoms with Crippen molar-refractivity contribution in [2.75, 3.05) is 6.54 Å². The Morgan fingerprint density at radius 2 is 2.24 bits per heavy atom. The average Bonchev–Trinajstić information content (AvgIpc) is 3.04. The lowest BCUT2D eigenvalue weighted by Crippen LogP contribution is -2.38. The Balaban J connectivity index is 0.00000225. The van der Waals surface area contributed by atoms with Crippen molar-refractivity contribution >= 4 is 29.9 Å². The van der Waals surface area contributed by atoms with Gasteiger partial charge in [-0.3, -0.25) is 4.79 Å². The van der Waals surface area contributed by atoms with Crippen LogP contribution < -0.4 is 11.1 Å². The van der Waals surface area contributed by atoms with Crippen molar-refractivity contribution in [2.45, 2.75) is 38.1 Å². The summed E-state index contributed by atoms with van der Waals surface area (Å²) in [7, 11) is 0. The van der Waals surface area contributed by atoms with E-state index in [0.29, 0.717) is 29.7 Å². The first-order valence-corrected chi connectivity index (χ1v) is 8.61. The minimum Gasteiger partial charge on any atom is -0.355 e. The number of hydrogen-bond acceptors (Lipinski definition) is 5. The molecule has 2 aromatic rings. The zero-order chi connectivity index (χ0) is 16.9. The molecular weight excluding hydrogens is 363 g/mol. The molecule has 1 fully saturated rings. The molecule has 1 aliphatic carbocycles. The minimum atomic E-state index is 0. The molecule has 0 spiro atoms. The molecule has 0 radical (unpaired) electrons. The second kappa shape index (κ2) is 9.17. The fourth-order valence-electron chi connectivity index (χ4n) is 3.00. The van der Waals surface area contributed by atoms with Crippen LogP contribution in [0.2, 0.25) is 5.02 Å². The highest BCUT2D eigenvalue weighted by atomic mass is 35.5. The van der Waals surface area contributed by atoms with Gasteiger partial charge in [0.15, 0.2) is 0 Å². The second-order valence-corrected chi connectivity index (χ2v) is 6.62. The van der Waals surface area contributed by atoms with Gasteiger partial charge in [0.05, 0.1) is 0 Å². The molecule has 136 valence electrons. The molecule has 2 unspecified atom stereocenters. The maximum Gasteiger partial charge on any atom is 0.228 e. The van der Waals surface area contributed by atoms with Gasteiger partial charge in [0.1, 0.15) is 0 Å². The summed E-state index contributed by atoms with van der Waals surface area (Å²) >= 11 is 5.96. The summed E-state index contributed by atoms with van der Waals surface area (Å²) in [6.45, 7) is 0.474. The number of nitrogens with two attached hydrogens (primary N) is 1. The Bertz CT molecular complexity index is 707. The molecule has 3 rings (SSSR count). The Kier molecular flexibility index (Phi) is 7.23. The number of halogens is 2. The van der Waals surface area contributed by atoms with Crippen molar-refractivity contribution in [3.63, 3.8) is 0 Å². The van der Waals surface area contributed by atoms with E-state index in [-0.39, 0.29) is 30.3 Å². The van der Waals surface area contributed by atoms with Gasteiger partial charge in [-0.2, -0.15) is 4.98 Å². The van der Waals surface area contributed by atoms with Gasteiger partial charge >= 0.3 is 0 Å². The zero-order valence-electron chi connectivity index (χ0n) is 13.8. The summed E-state index contributed by atoms with van der Waals surface area (Å²) in [6, 6.07) is 7.42. The van der Waals surface area contributed by atoms with E-state index < -0.39 is 0 Å². The third-order valence-electron chi connectivity index (χ3n) is 4.27. The highest BCUT2D eigenvalue weighted by Crippen LogP contribution is 2.23. The maximum absolute atomic E-state index is 12.2. The zero-order valence-corrected chi connectivity index (χ0v) is 15.4. The van der Waals surface area contributed by atoms with Crippen LogP contribution in [-0.4, -0.2) is 28.6 Å². The van der Waals surface area contributed by atoms with Crippen LogP contribution in [0.25, 0.3) is 11.4 Å². The lowest BCUT2D eigenvalue weighted by molar-refractivity contribution is -0.126. The number of amides is 1. The van der Waals surface area contributed by atoms with Gasteiger partial charge in [0.2, 0.25) is 17.6 Å². The topological polar surface area (TPSA) is 94.0 Å². The molecule has 1 saturated carbocycles. The Labute approximate surface area is 157 Å². The van der Waals surface area contributed by atoms with Crippen LogP contribution in [0, 0.1) is 5.92 Å². The first-order chi connectivity index (χ1) is 11.6. The molecule has 1 aromatic heterocycles. The van der Waals surface area contributed by atoms with Crippen LogP contribution in [-0.2, 0) is 11.2 Å². The van der Waals surface area contributed by atoms with E-state index in [9.17, 15) is 4.79 Å². The summed E-state index contributed by atoms with van der Waals surface area (Å²) in [4.78, 5) is 16.5. The van der Waals surface area contributed by atoms with Gasteiger partial charge < -0.3 is 15.6 Å². The Morgan fingerprint density at radius 1 is 1.40 bits per heavy atom. The van der Waals surface area contributed by atoms with E-state index in [2.05, 4.69) is 15.5 Å². The van der Waals surface area contributed by atoms with Gasteiger partial charge in [-0.05, 0) is 31.4 Å². The molecule has 1 aliphatic rings. The molecule has 8 heteroatoms. The lowest BCUT2D eigenvalue weighted by atomic mass is 9.85. The van der Waals surface area contributed by atoms with Crippen LogP contribution in [0.15, 0.2) is 28.8 Å². The SMILES string of the molecule is Cl.NC1CCCC(C(=O)NCCc2nc(-c3cccc(Cl)c3)no2)C1. The summed E-state index contributed by atoms with van der Waals surface area (Å²) < 4.78 is 5.23. The van der Waals surface area contributed by atoms with E-state index in [1.54, 1.807) is 12.1 Å². The fourth-order valence-corrected chi connectivity index (χ4v) is 3.19. The summed E-state index contributed by atoms with van der Waals surface area (Å²) in [5, 5.41) is 7.51. The summed E-state index contributed by atoms with van der Waals surface area (Å²) in [6.07, 6.45) is 4.21. The Morgan fingerprint density at radius 3 is 3.00 bits per heavy atom. The average molecular weight is 385 g/mol. The molecule has 1 aromatic carbocycles. The molecule has 0 aliphatic heterocycles. The quantitative estimate of drug-likeness (QED) is 0.825. The van der Waals surface area contributed by atoms with E-state index >= 15 is 0 Å². The summed E-state index contributed by atoms with van der Waals surface area (Å²) in [5.41, 5.74) is 6.73. The first kappa shape index (κ1) is 19.7. The molecule has 1 heterocycles. The first-order valence-electron chi connectivity index (χ1n) is 8.23. The van der Waals surface area contributed by atoms with Crippen molar-refractivity contribution in [2.24, 2.45) is 11.7 Å². The van der Waals surface area contributed by atoms with Crippen molar-refractivity contribution in [1.29, 1.82) is 0 Å². The van der Waals surface area contributed by atoms with Crippen molar-refractivity contribution in [3.05, 3.63) is 35.2 Å². The van der Waals surface area contributed by atoms with Crippen LogP contribution in [0.3, 0.4) is 0 Å². The fraction of sp³-hybridized carbons (Fsp3) is 0.471. The van der Waals surface area contributed by atoms with Crippen molar-refractivity contribution in [3.8, 4) is 11.4 Å². The van der Waals surface area contributed by atoms with Crippen LogP contribution in [0.5, 0.6) is 0 Å². The number of benzene rings is 1. The highest BCUT2D eigenvalue weighted by Gasteiger charge is 2.25. The number of carbonyl (C=O) groups excluding carboxylic acids is 1. The van der Waals surface area contributed by atoms with Crippen LogP contribution >= 0.6 is 24.0 Å². The number of nitrogens with one attached hydrogen (secondary N) is 1.